The van der Waals surface area contributed by atoms with E-state index in [1.165, 1.54) is 6.07 Å². The van der Waals surface area contributed by atoms with Gasteiger partial charge in [-0.05, 0) is 42.8 Å². The molecule has 0 aliphatic heterocycles. The van der Waals surface area contributed by atoms with E-state index in [-0.39, 0.29) is 0 Å². The minimum absolute atomic E-state index is 0.430. The lowest BCUT2D eigenvalue weighted by atomic mass is 9.96. The van der Waals surface area contributed by atoms with Crippen LogP contribution in [0.2, 0.25) is 5.02 Å². The molecule has 3 nitrogen and oxygen atoms in total. The Morgan fingerprint density at radius 3 is 2.36 bits per heavy atom. The lowest BCUT2D eigenvalue weighted by Crippen LogP contribution is -1.98. The summed E-state index contributed by atoms with van der Waals surface area (Å²) in [7, 11) is 0. The van der Waals surface area contributed by atoms with Crippen molar-refractivity contribution < 1.29 is 8.83 Å². The largest absolute Gasteiger partial charge is 0.455 e. The number of halogens is 1. The third kappa shape index (κ3) is 2.72. The first-order chi connectivity index (χ1) is 13.6. The summed E-state index contributed by atoms with van der Waals surface area (Å²) in [4.78, 5) is 12.2. The average molecular weight is 387 g/mol. The standard InChI is InChI=1S/C24H15ClO3/c1-14-7-9-21-19(11-14)23(15-5-3-2-4-6-15)24(28-21)18-13-22(26)27-20-10-8-16(25)12-17(18)20/h2-13H,1H3. The van der Waals surface area contributed by atoms with Crippen molar-refractivity contribution in [1.29, 1.82) is 0 Å². The van der Waals surface area contributed by atoms with Gasteiger partial charge in [0.1, 0.15) is 16.9 Å². The molecule has 28 heavy (non-hydrogen) atoms. The molecule has 2 aromatic heterocycles. The fraction of sp³-hybridized carbons (Fsp3) is 0.0417. The van der Waals surface area contributed by atoms with E-state index in [1.807, 2.05) is 49.4 Å². The molecule has 5 aromatic rings. The Balaban J connectivity index is 1.94. The van der Waals surface area contributed by atoms with Gasteiger partial charge in [-0.3, -0.25) is 0 Å². The van der Waals surface area contributed by atoms with Crippen LogP contribution in [0.1, 0.15) is 5.56 Å². The number of hydrogen-bond acceptors (Lipinski definition) is 3. The predicted octanol–water partition coefficient (Wildman–Crippen LogP) is 6.84. The van der Waals surface area contributed by atoms with Gasteiger partial charge in [-0.25, -0.2) is 4.79 Å². The van der Waals surface area contributed by atoms with Crippen LogP contribution >= 0.6 is 11.6 Å². The zero-order valence-corrected chi connectivity index (χ0v) is 15.8. The Hall–Kier alpha value is -3.30. The Bertz CT molecular complexity index is 1390. The highest BCUT2D eigenvalue weighted by atomic mass is 35.5. The van der Waals surface area contributed by atoms with Gasteiger partial charge in [0.05, 0.1) is 0 Å². The van der Waals surface area contributed by atoms with Crippen molar-refractivity contribution in [3.63, 3.8) is 0 Å². The molecule has 0 aliphatic rings. The van der Waals surface area contributed by atoms with E-state index in [2.05, 4.69) is 6.07 Å². The highest BCUT2D eigenvalue weighted by Crippen LogP contribution is 2.43. The maximum atomic E-state index is 12.2. The van der Waals surface area contributed by atoms with E-state index >= 15 is 0 Å². The van der Waals surface area contributed by atoms with Gasteiger partial charge in [0.25, 0.3) is 0 Å². The van der Waals surface area contributed by atoms with Gasteiger partial charge in [0, 0.05) is 33.0 Å². The van der Waals surface area contributed by atoms with Crippen LogP contribution in [-0.4, -0.2) is 0 Å². The van der Waals surface area contributed by atoms with Crippen LogP contribution in [0.3, 0.4) is 0 Å². The van der Waals surface area contributed by atoms with Gasteiger partial charge in [-0.1, -0.05) is 53.6 Å². The van der Waals surface area contributed by atoms with Gasteiger partial charge < -0.3 is 8.83 Å². The van der Waals surface area contributed by atoms with Crippen LogP contribution < -0.4 is 5.63 Å². The first kappa shape index (κ1) is 16.8. The molecule has 2 heterocycles. The molecule has 0 spiro atoms. The minimum Gasteiger partial charge on any atom is -0.455 e. The van der Waals surface area contributed by atoms with Crippen molar-refractivity contribution in [2.24, 2.45) is 0 Å². The van der Waals surface area contributed by atoms with Crippen molar-refractivity contribution in [1.82, 2.24) is 0 Å². The highest BCUT2D eigenvalue weighted by Gasteiger charge is 2.21. The zero-order valence-electron chi connectivity index (χ0n) is 15.0. The van der Waals surface area contributed by atoms with Crippen molar-refractivity contribution in [2.45, 2.75) is 6.92 Å². The molecule has 0 unspecified atom stereocenters. The molecule has 3 aromatic carbocycles. The van der Waals surface area contributed by atoms with E-state index in [0.717, 1.165) is 33.0 Å². The summed E-state index contributed by atoms with van der Waals surface area (Å²) in [6.07, 6.45) is 0. The molecule has 0 fully saturated rings. The fourth-order valence-electron chi connectivity index (χ4n) is 3.62. The molecule has 0 saturated heterocycles. The summed E-state index contributed by atoms with van der Waals surface area (Å²) in [6, 6.07) is 22.8. The highest BCUT2D eigenvalue weighted by molar-refractivity contribution is 6.31. The molecule has 0 atom stereocenters. The van der Waals surface area contributed by atoms with Crippen LogP contribution in [0.5, 0.6) is 0 Å². The number of benzene rings is 3. The van der Waals surface area contributed by atoms with Crippen LogP contribution in [0, 0.1) is 6.92 Å². The molecule has 0 bridgehead atoms. The van der Waals surface area contributed by atoms with E-state index in [0.29, 0.717) is 21.9 Å². The minimum atomic E-state index is -0.430. The smallest absolute Gasteiger partial charge is 0.336 e. The van der Waals surface area contributed by atoms with Crippen molar-refractivity contribution >= 4 is 33.5 Å². The van der Waals surface area contributed by atoms with Gasteiger partial charge in [-0.2, -0.15) is 0 Å². The monoisotopic (exact) mass is 386 g/mol. The fourth-order valence-corrected chi connectivity index (χ4v) is 3.79. The molecule has 136 valence electrons. The molecule has 0 radical (unpaired) electrons. The second kappa shape index (κ2) is 6.39. The number of furan rings is 1. The Morgan fingerprint density at radius 2 is 1.54 bits per heavy atom. The average Bonchev–Trinajstić information content (AvgIpc) is 3.06. The van der Waals surface area contributed by atoms with E-state index in [1.54, 1.807) is 18.2 Å². The summed E-state index contributed by atoms with van der Waals surface area (Å²) in [6.45, 7) is 2.05. The van der Waals surface area contributed by atoms with E-state index in [9.17, 15) is 4.79 Å². The zero-order chi connectivity index (χ0) is 19.3. The van der Waals surface area contributed by atoms with Crippen LogP contribution in [0.15, 0.2) is 86.4 Å². The Morgan fingerprint density at radius 1 is 0.786 bits per heavy atom. The van der Waals surface area contributed by atoms with Crippen molar-refractivity contribution in [3.8, 4) is 22.5 Å². The lowest BCUT2D eigenvalue weighted by Gasteiger charge is -2.07. The third-order valence-corrected chi connectivity index (χ3v) is 5.09. The van der Waals surface area contributed by atoms with Gasteiger partial charge in [0.15, 0.2) is 0 Å². The van der Waals surface area contributed by atoms with E-state index < -0.39 is 5.63 Å². The first-order valence-electron chi connectivity index (χ1n) is 8.92. The predicted molar refractivity (Wildman–Crippen MR) is 113 cm³/mol. The summed E-state index contributed by atoms with van der Waals surface area (Å²) in [5, 5.41) is 2.31. The molecule has 0 N–H and O–H groups in total. The van der Waals surface area contributed by atoms with Crippen LogP contribution in [0.4, 0.5) is 0 Å². The second-order valence-corrected chi connectivity index (χ2v) is 7.23. The third-order valence-electron chi connectivity index (χ3n) is 4.86. The van der Waals surface area contributed by atoms with Gasteiger partial charge in [-0.15, -0.1) is 0 Å². The number of fused-ring (bicyclic) bond motifs is 2. The lowest BCUT2D eigenvalue weighted by molar-refractivity contribution is 0.560. The molecule has 5 rings (SSSR count). The normalized spacial score (nSPS) is 11.4. The van der Waals surface area contributed by atoms with Crippen molar-refractivity contribution in [3.05, 3.63) is 93.8 Å². The van der Waals surface area contributed by atoms with Gasteiger partial charge >= 0.3 is 5.63 Å². The first-order valence-corrected chi connectivity index (χ1v) is 9.30. The van der Waals surface area contributed by atoms with Crippen LogP contribution in [-0.2, 0) is 0 Å². The number of aryl methyl sites for hydroxylation is 1. The molecule has 4 heteroatoms. The van der Waals surface area contributed by atoms with Crippen molar-refractivity contribution in [2.75, 3.05) is 0 Å². The van der Waals surface area contributed by atoms with E-state index in [4.69, 9.17) is 20.4 Å². The molecule has 0 amide bonds. The maximum Gasteiger partial charge on any atom is 0.336 e. The molecule has 0 aliphatic carbocycles. The summed E-state index contributed by atoms with van der Waals surface area (Å²) < 4.78 is 11.6. The summed E-state index contributed by atoms with van der Waals surface area (Å²) in [5.41, 5.74) is 4.58. The Labute approximate surface area is 165 Å². The quantitative estimate of drug-likeness (QED) is 0.312. The van der Waals surface area contributed by atoms with Crippen LogP contribution in [0.25, 0.3) is 44.4 Å². The number of hydrogen-bond donors (Lipinski definition) is 0. The summed E-state index contributed by atoms with van der Waals surface area (Å²) in [5.74, 6) is 0.631. The molecule has 0 saturated carbocycles. The number of rotatable bonds is 2. The maximum absolute atomic E-state index is 12.2. The molecular formula is C24H15ClO3. The second-order valence-electron chi connectivity index (χ2n) is 6.79. The Kier molecular flexibility index (Phi) is 3.85. The SMILES string of the molecule is Cc1ccc2oc(-c3cc(=O)oc4ccc(Cl)cc34)c(-c3ccccc3)c2c1. The summed E-state index contributed by atoms with van der Waals surface area (Å²) >= 11 is 6.22. The molecular weight excluding hydrogens is 372 g/mol. The van der Waals surface area contributed by atoms with Gasteiger partial charge in [0.2, 0.25) is 0 Å². The topological polar surface area (TPSA) is 43.4 Å².